The van der Waals surface area contributed by atoms with Crippen molar-refractivity contribution in [1.82, 2.24) is 15.5 Å². The minimum atomic E-state index is -0.163. The summed E-state index contributed by atoms with van der Waals surface area (Å²) < 4.78 is 10.7. The minimum Gasteiger partial charge on any atom is -0.439 e. The van der Waals surface area contributed by atoms with Gasteiger partial charge in [-0.05, 0) is 30.0 Å². The molecule has 0 saturated carbocycles. The standard InChI is InChI=1S/C18H21N3O3/c1-11-7-13(24-21-11)9-16(22)19-10-17-20-14-8-12(18(2,3)4)5-6-15(14)23-17/h5-8H,9-10H2,1-4H3,(H,19,22). The van der Waals surface area contributed by atoms with Gasteiger partial charge in [-0.25, -0.2) is 4.98 Å². The van der Waals surface area contributed by atoms with E-state index in [0.29, 0.717) is 11.7 Å². The van der Waals surface area contributed by atoms with Gasteiger partial charge in [0.25, 0.3) is 0 Å². The minimum absolute atomic E-state index is 0.0523. The van der Waals surface area contributed by atoms with Crippen LogP contribution in [0.2, 0.25) is 0 Å². The number of amides is 1. The lowest BCUT2D eigenvalue weighted by Gasteiger charge is -2.18. The van der Waals surface area contributed by atoms with Gasteiger partial charge in [-0.15, -0.1) is 0 Å². The molecule has 0 radical (unpaired) electrons. The molecule has 0 unspecified atom stereocenters. The summed E-state index contributed by atoms with van der Waals surface area (Å²) in [6.45, 7) is 8.52. The lowest BCUT2D eigenvalue weighted by atomic mass is 9.87. The van der Waals surface area contributed by atoms with Gasteiger partial charge in [0.2, 0.25) is 11.8 Å². The van der Waals surface area contributed by atoms with Gasteiger partial charge in [-0.3, -0.25) is 4.79 Å². The predicted octanol–water partition coefficient (Wildman–Crippen LogP) is 3.28. The molecule has 0 saturated heterocycles. The summed E-state index contributed by atoms with van der Waals surface area (Å²) in [5, 5.41) is 6.54. The topological polar surface area (TPSA) is 81.2 Å². The second-order valence-electron chi connectivity index (χ2n) is 6.93. The van der Waals surface area contributed by atoms with Gasteiger partial charge in [-0.2, -0.15) is 0 Å². The molecule has 0 aliphatic carbocycles. The van der Waals surface area contributed by atoms with Crippen molar-refractivity contribution in [2.45, 2.75) is 46.1 Å². The zero-order valence-corrected chi connectivity index (χ0v) is 14.3. The summed E-state index contributed by atoms with van der Waals surface area (Å²) in [6.07, 6.45) is 0.148. The van der Waals surface area contributed by atoms with E-state index in [9.17, 15) is 4.79 Å². The maximum Gasteiger partial charge on any atom is 0.228 e. The van der Waals surface area contributed by atoms with Gasteiger partial charge >= 0.3 is 0 Å². The van der Waals surface area contributed by atoms with Gasteiger partial charge < -0.3 is 14.3 Å². The van der Waals surface area contributed by atoms with Crippen molar-refractivity contribution in [3.63, 3.8) is 0 Å². The first kappa shape index (κ1) is 16.2. The van der Waals surface area contributed by atoms with E-state index in [1.807, 2.05) is 25.1 Å². The quantitative estimate of drug-likeness (QED) is 0.795. The molecule has 6 heteroatoms. The molecule has 6 nitrogen and oxygen atoms in total. The van der Waals surface area contributed by atoms with Gasteiger partial charge in [-0.1, -0.05) is 32.0 Å². The van der Waals surface area contributed by atoms with E-state index in [-0.39, 0.29) is 24.3 Å². The van der Waals surface area contributed by atoms with Crippen molar-refractivity contribution < 1.29 is 13.7 Å². The Hall–Kier alpha value is -2.63. The third-order valence-corrected chi connectivity index (χ3v) is 3.75. The lowest BCUT2D eigenvalue weighted by Crippen LogP contribution is -2.24. The summed E-state index contributed by atoms with van der Waals surface area (Å²) >= 11 is 0. The Bertz CT molecular complexity index is 871. The Morgan fingerprint density at radius 3 is 2.71 bits per heavy atom. The van der Waals surface area contributed by atoms with E-state index in [4.69, 9.17) is 8.94 Å². The van der Waals surface area contributed by atoms with Crippen molar-refractivity contribution >= 4 is 17.0 Å². The van der Waals surface area contributed by atoms with E-state index in [1.165, 1.54) is 5.56 Å². The van der Waals surface area contributed by atoms with Gasteiger partial charge in [0.15, 0.2) is 5.58 Å². The number of fused-ring (bicyclic) bond motifs is 1. The number of hydrogen-bond donors (Lipinski definition) is 1. The number of aromatic nitrogens is 2. The van der Waals surface area contributed by atoms with Crippen LogP contribution in [0.5, 0.6) is 0 Å². The summed E-state index contributed by atoms with van der Waals surface area (Å²) in [5.41, 5.74) is 3.53. The number of nitrogens with one attached hydrogen (secondary N) is 1. The van der Waals surface area contributed by atoms with Crippen molar-refractivity contribution in [2.75, 3.05) is 0 Å². The second kappa shape index (κ2) is 6.11. The summed E-state index contributed by atoms with van der Waals surface area (Å²) in [6, 6.07) is 7.74. The van der Waals surface area contributed by atoms with E-state index < -0.39 is 0 Å². The molecule has 2 heterocycles. The number of aryl methyl sites for hydroxylation is 1. The maximum absolute atomic E-state index is 11.9. The van der Waals surface area contributed by atoms with Crippen molar-refractivity contribution in [3.05, 3.63) is 47.2 Å². The maximum atomic E-state index is 11.9. The number of oxazole rings is 1. The monoisotopic (exact) mass is 327 g/mol. The number of benzene rings is 1. The molecule has 24 heavy (non-hydrogen) atoms. The lowest BCUT2D eigenvalue weighted by molar-refractivity contribution is -0.121. The molecule has 1 N–H and O–H groups in total. The molecule has 3 aromatic rings. The first-order chi connectivity index (χ1) is 11.3. The Balaban J connectivity index is 1.66. The molecular weight excluding hydrogens is 306 g/mol. The molecule has 0 atom stereocenters. The van der Waals surface area contributed by atoms with Crippen molar-refractivity contribution in [3.8, 4) is 0 Å². The van der Waals surface area contributed by atoms with E-state index in [2.05, 4.69) is 36.2 Å². The van der Waals surface area contributed by atoms with Crippen LogP contribution in [-0.2, 0) is 23.2 Å². The average molecular weight is 327 g/mol. The highest BCUT2D eigenvalue weighted by atomic mass is 16.5. The van der Waals surface area contributed by atoms with Crippen LogP contribution >= 0.6 is 0 Å². The van der Waals surface area contributed by atoms with Crippen molar-refractivity contribution in [1.29, 1.82) is 0 Å². The van der Waals surface area contributed by atoms with Crippen molar-refractivity contribution in [2.24, 2.45) is 0 Å². The summed E-state index contributed by atoms with van der Waals surface area (Å²) in [4.78, 5) is 16.4. The van der Waals surface area contributed by atoms with Crippen LogP contribution in [0, 0.1) is 6.92 Å². The molecule has 0 bridgehead atoms. The molecule has 0 spiro atoms. The van der Waals surface area contributed by atoms with Crippen LogP contribution in [0.3, 0.4) is 0 Å². The fourth-order valence-corrected chi connectivity index (χ4v) is 2.41. The second-order valence-corrected chi connectivity index (χ2v) is 6.93. The van der Waals surface area contributed by atoms with Gasteiger partial charge in [0, 0.05) is 6.07 Å². The smallest absolute Gasteiger partial charge is 0.228 e. The van der Waals surface area contributed by atoms with Crippen LogP contribution in [0.4, 0.5) is 0 Å². The average Bonchev–Trinajstić information content (AvgIpc) is 3.09. The molecular formula is C18H21N3O3. The molecule has 1 amide bonds. The predicted molar refractivity (Wildman–Crippen MR) is 89.5 cm³/mol. The SMILES string of the molecule is Cc1cc(CC(=O)NCc2nc3cc(C(C)(C)C)ccc3o2)on1. The highest BCUT2D eigenvalue weighted by Gasteiger charge is 2.16. The molecule has 0 aliphatic heterocycles. The molecule has 126 valence electrons. The molecule has 3 rings (SSSR count). The van der Waals surface area contributed by atoms with Crippen LogP contribution < -0.4 is 5.32 Å². The van der Waals surface area contributed by atoms with Crippen LogP contribution in [0.25, 0.3) is 11.1 Å². The number of nitrogens with zero attached hydrogens (tertiary/aromatic N) is 2. The highest BCUT2D eigenvalue weighted by Crippen LogP contribution is 2.26. The highest BCUT2D eigenvalue weighted by molar-refractivity contribution is 5.78. The summed E-state index contributed by atoms with van der Waals surface area (Å²) in [7, 11) is 0. The fraction of sp³-hybridized carbons (Fsp3) is 0.389. The first-order valence-electron chi connectivity index (χ1n) is 7.90. The first-order valence-corrected chi connectivity index (χ1v) is 7.90. The number of carbonyl (C=O) groups is 1. The Kier molecular flexibility index (Phi) is 4.13. The Morgan fingerprint density at radius 1 is 1.25 bits per heavy atom. The number of hydrogen-bond acceptors (Lipinski definition) is 5. The third kappa shape index (κ3) is 3.64. The van der Waals surface area contributed by atoms with Gasteiger partial charge in [0.1, 0.15) is 11.3 Å². The fourth-order valence-electron chi connectivity index (χ4n) is 2.41. The Morgan fingerprint density at radius 2 is 2.04 bits per heavy atom. The summed E-state index contributed by atoms with van der Waals surface area (Å²) in [5.74, 6) is 0.860. The van der Waals surface area contributed by atoms with Crippen LogP contribution in [0.15, 0.2) is 33.2 Å². The zero-order chi connectivity index (χ0) is 17.3. The molecule has 2 aromatic heterocycles. The molecule has 0 aliphatic rings. The normalized spacial score (nSPS) is 11.8. The Labute approximate surface area is 140 Å². The van der Waals surface area contributed by atoms with Crippen LogP contribution in [-0.4, -0.2) is 16.0 Å². The van der Waals surface area contributed by atoms with Gasteiger partial charge in [0.05, 0.1) is 18.7 Å². The number of rotatable bonds is 4. The largest absolute Gasteiger partial charge is 0.439 e. The molecule has 1 aromatic carbocycles. The van der Waals surface area contributed by atoms with E-state index >= 15 is 0 Å². The van der Waals surface area contributed by atoms with E-state index in [0.717, 1.165) is 16.8 Å². The third-order valence-electron chi connectivity index (χ3n) is 3.75. The van der Waals surface area contributed by atoms with E-state index in [1.54, 1.807) is 6.07 Å². The van der Waals surface area contributed by atoms with Crippen LogP contribution in [0.1, 0.15) is 43.7 Å². The zero-order valence-electron chi connectivity index (χ0n) is 14.3. The molecule has 0 fully saturated rings. The number of carbonyl (C=O) groups excluding carboxylic acids is 1.